The second-order valence-electron chi connectivity index (χ2n) is 12.2. The summed E-state index contributed by atoms with van der Waals surface area (Å²) in [5.41, 5.74) is 13.7. The van der Waals surface area contributed by atoms with Gasteiger partial charge < -0.3 is 4.90 Å². The first kappa shape index (κ1) is 26.2. The zero-order valence-corrected chi connectivity index (χ0v) is 25.0. The molecule has 0 fully saturated rings. The van der Waals surface area contributed by atoms with E-state index >= 15 is 0 Å². The van der Waals surface area contributed by atoms with Gasteiger partial charge in [-0.25, -0.2) is 0 Å². The van der Waals surface area contributed by atoms with E-state index in [0.717, 1.165) is 17.1 Å². The standard InChI is InChI=1S/C43H33N/c1-43(2)39-27-26-35(29-38(39)42-37(21-13-22-40(42)43)32-17-7-4-8-18-32)44(34-25-24-30-14-9-10-19-33(30)28-34)41-23-12-11-20-36(41)31-15-5-3-6-16-31/h3-29H,1-2H3. The van der Waals surface area contributed by atoms with Crippen LogP contribution in [0.5, 0.6) is 0 Å². The largest absolute Gasteiger partial charge is 0.310 e. The van der Waals surface area contributed by atoms with Crippen LogP contribution in [0.4, 0.5) is 17.1 Å². The van der Waals surface area contributed by atoms with Gasteiger partial charge in [0, 0.05) is 22.4 Å². The summed E-state index contributed by atoms with van der Waals surface area (Å²) in [7, 11) is 0. The Morgan fingerprint density at radius 1 is 0.409 bits per heavy atom. The predicted molar refractivity (Wildman–Crippen MR) is 187 cm³/mol. The number of benzene rings is 7. The molecule has 1 aliphatic carbocycles. The molecule has 7 aromatic carbocycles. The Morgan fingerprint density at radius 2 is 1.00 bits per heavy atom. The maximum absolute atomic E-state index is 2.44. The molecule has 0 bridgehead atoms. The molecule has 0 aliphatic heterocycles. The van der Waals surface area contributed by atoms with Crippen LogP contribution < -0.4 is 4.90 Å². The summed E-state index contributed by atoms with van der Waals surface area (Å²) in [4.78, 5) is 2.44. The third-order valence-corrected chi connectivity index (χ3v) is 9.25. The second-order valence-corrected chi connectivity index (χ2v) is 12.2. The Balaban J connectivity index is 1.39. The van der Waals surface area contributed by atoms with Gasteiger partial charge in [0.1, 0.15) is 0 Å². The van der Waals surface area contributed by atoms with Crippen LogP contribution in [0.2, 0.25) is 0 Å². The normalized spacial score (nSPS) is 13.0. The molecular weight excluding hydrogens is 530 g/mol. The van der Waals surface area contributed by atoms with E-state index in [1.54, 1.807) is 0 Å². The van der Waals surface area contributed by atoms with Gasteiger partial charge in [-0.15, -0.1) is 0 Å². The molecule has 1 heteroatoms. The van der Waals surface area contributed by atoms with E-state index in [1.165, 1.54) is 55.3 Å². The van der Waals surface area contributed by atoms with Crippen molar-refractivity contribution in [2.45, 2.75) is 19.3 Å². The summed E-state index contributed by atoms with van der Waals surface area (Å²) in [5, 5.41) is 2.47. The van der Waals surface area contributed by atoms with Crippen LogP contribution >= 0.6 is 0 Å². The fraction of sp³-hybridized carbons (Fsp3) is 0.0698. The van der Waals surface area contributed by atoms with Crippen molar-refractivity contribution >= 4 is 27.8 Å². The van der Waals surface area contributed by atoms with Crippen molar-refractivity contribution < 1.29 is 0 Å². The molecule has 0 atom stereocenters. The van der Waals surface area contributed by atoms with Crippen LogP contribution in [0.1, 0.15) is 25.0 Å². The molecule has 0 amide bonds. The maximum Gasteiger partial charge on any atom is 0.0540 e. The van der Waals surface area contributed by atoms with Crippen LogP contribution in [-0.2, 0) is 5.41 Å². The van der Waals surface area contributed by atoms with Crippen LogP contribution in [0, 0.1) is 0 Å². The highest BCUT2D eigenvalue weighted by atomic mass is 15.1. The molecule has 0 unspecified atom stereocenters. The summed E-state index contributed by atoms with van der Waals surface area (Å²) in [6.45, 7) is 4.72. The summed E-state index contributed by atoms with van der Waals surface area (Å²) < 4.78 is 0. The first-order valence-corrected chi connectivity index (χ1v) is 15.4. The fourth-order valence-electron chi connectivity index (χ4n) is 7.06. The second kappa shape index (κ2) is 10.4. The lowest BCUT2D eigenvalue weighted by atomic mass is 9.82. The monoisotopic (exact) mass is 563 g/mol. The van der Waals surface area contributed by atoms with Gasteiger partial charge in [0.15, 0.2) is 0 Å². The molecule has 0 radical (unpaired) electrons. The highest BCUT2D eigenvalue weighted by Crippen LogP contribution is 2.54. The number of para-hydroxylation sites is 1. The topological polar surface area (TPSA) is 3.24 Å². The number of hydrogen-bond acceptors (Lipinski definition) is 1. The summed E-state index contributed by atoms with van der Waals surface area (Å²) in [6.07, 6.45) is 0. The van der Waals surface area contributed by atoms with Crippen molar-refractivity contribution in [2.24, 2.45) is 0 Å². The van der Waals surface area contributed by atoms with Crippen molar-refractivity contribution in [3.05, 3.63) is 175 Å². The zero-order chi connectivity index (χ0) is 29.7. The van der Waals surface area contributed by atoms with Gasteiger partial charge in [0.2, 0.25) is 0 Å². The molecule has 0 saturated carbocycles. The minimum atomic E-state index is -0.0935. The summed E-state index contributed by atoms with van der Waals surface area (Å²) in [6, 6.07) is 59.6. The van der Waals surface area contributed by atoms with Gasteiger partial charge in [-0.1, -0.05) is 147 Å². The number of rotatable bonds is 5. The molecule has 8 rings (SSSR count). The van der Waals surface area contributed by atoms with Crippen molar-refractivity contribution in [2.75, 3.05) is 4.90 Å². The van der Waals surface area contributed by atoms with E-state index in [0.29, 0.717) is 0 Å². The smallest absolute Gasteiger partial charge is 0.0540 e. The average Bonchev–Trinajstić information content (AvgIpc) is 3.31. The van der Waals surface area contributed by atoms with Gasteiger partial charge in [-0.3, -0.25) is 0 Å². The van der Waals surface area contributed by atoms with Crippen molar-refractivity contribution in [3.8, 4) is 33.4 Å². The first-order valence-electron chi connectivity index (χ1n) is 15.4. The van der Waals surface area contributed by atoms with Crippen LogP contribution in [0.3, 0.4) is 0 Å². The maximum atomic E-state index is 2.44. The molecule has 0 spiro atoms. The zero-order valence-electron chi connectivity index (χ0n) is 25.0. The molecule has 0 N–H and O–H groups in total. The third kappa shape index (κ3) is 4.24. The van der Waals surface area contributed by atoms with Gasteiger partial charge >= 0.3 is 0 Å². The van der Waals surface area contributed by atoms with E-state index in [4.69, 9.17) is 0 Å². The minimum Gasteiger partial charge on any atom is -0.310 e. The van der Waals surface area contributed by atoms with E-state index < -0.39 is 0 Å². The molecule has 0 heterocycles. The molecule has 210 valence electrons. The quantitative estimate of drug-likeness (QED) is 0.201. The summed E-state index contributed by atoms with van der Waals surface area (Å²) >= 11 is 0. The highest BCUT2D eigenvalue weighted by Gasteiger charge is 2.37. The fourth-order valence-corrected chi connectivity index (χ4v) is 7.06. The van der Waals surface area contributed by atoms with E-state index in [2.05, 4.69) is 183 Å². The van der Waals surface area contributed by atoms with Crippen molar-refractivity contribution in [1.82, 2.24) is 0 Å². The first-order chi connectivity index (χ1) is 21.6. The lowest BCUT2D eigenvalue weighted by Gasteiger charge is -2.29. The van der Waals surface area contributed by atoms with Crippen LogP contribution in [-0.4, -0.2) is 0 Å². The number of nitrogens with zero attached hydrogens (tertiary/aromatic N) is 1. The van der Waals surface area contributed by atoms with Gasteiger partial charge in [-0.2, -0.15) is 0 Å². The molecule has 1 aliphatic rings. The van der Waals surface area contributed by atoms with E-state index in [1.807, 2.05) is 0 Å². The molecule has 0 saturated heterocycles. The molecule has 1 nitrogen and oxygen atoms in total. The summed E-state index contributed by atoms with van der Waals surface area (Å²) in [5.74, 6) is 0. The van der Waals surface area contributed by atoms with Gasteiger partial charge in [0.05, 0.1) is 5.69 Å². The van der Waals surface area contributed by atoms with Gasteiger partial charge in [0.25, 0.3) is 0 Å². The third-order valence-electron chi connectivity index (χ3n) is 9.25. The van der Waals surface area contributed by atoms with E-state index in [9.17, 15) is 0 Å². The molecule has 44 heavy (non-hydrogen) atoms. The Labute approximate surface area is 259 Å². The predicted octanol–water partition coefficient (Wildman–Crippen LogP) is 11.9. The number of hydrogen-bond donors (Lipinski definition) is 0. The molecule has 0 aromatic heterocycles. The average molecular weight is 564 g/mol. The number of fused-ring (bicyclic) bond motifs is 4. The van der Waals surface area contributed by atoms with Crippen LogP contribution in [0.25, 0.3) is 44.2 Å². The lowest BCUT2D eigenvalue weighted by Crippen LogP contribution is -2.15. The Morgan fingerprint density at radius 3 is 1.77 bits per heavy atom. The Hall–Kier alpha value is -5.40. The Bertz CT molecular complexity index is 2140. The molecular formula is C43H33N. The van der Waals surface area contributed by atoms with Gasteiger partial charge in [-0.05, 0) is 80.0 Å². The van der Waals surface area contributed by atoms with Crippen molar-refractivity contribution in [1.29, 1.82) is 0 Å². The minimum absolute atomic E-state index is 0.0935. The highest BCUT2D eigenvalue weighted by molar-refractivity contribution is 5.97. The Kier molecular flexibility index (Phi) is 6.20. The van der Waals surface area contributed by atoms with Crippen LogP contribution in [0.15, 0.2) is 164 Å². The SMILES string of the molecule is CC1(C)c2ccc(N(c3ccc4ccccc4c3)c3ccccc3-c3ccccc3)cc2-c2c(-c3ccccc3)cccc21. The van der Waals surface area contributed by atoms with Crippen molar-refractivity contribution in [3.63, 3.8) is 0 Å². The number of anilines is 3. The lowest BCUT2D eigenvalue weighted by molar-refractivity contribution is 0.660. The van der Waals surface area contributed by atoms with E-state index in [-0.39, 0.29) is 5.41 Å². The molecule has 7 aromatic rings.